The summed E-state index contributed by atoms with van der Waals surface area (Å²) in [7, 11) is 0. The molecule has 1 aromatic heterocycles. The number of ether oxygens (including phenoxy) is 1. The minimum atomic E-state index is -1.07. The Bertz CT molecular complexity index is 587. The van der Waals surface area contributed by atoms with E-state index >= 15 is 0 Å². The molecule has 0 spiro atoms. The van der Waals surface area contributed by atoms with Crippen LogP contribution in [0, 0.1) is 6.92 Å². The summed E-state index contributed by atoms with van der Waals surface area (Å²) in [5, 5.41) is 9.08. The molecule has 0 aliphatic heterocycles. The average molecular weight is 289 g/mol. The van der Waals surface area contributed by atoms with E-state index in [4.69, 9.17) is 9.84 Å². The van der Waals surface area contributed by atoms with Crippen LogP contribution in [-0.4, -0.2) is 28.4 Å². The number of nitrogens with zero attached hydrogens (tertiary/aromatic N) is 1. The van der Waals surface area contributed by atoms with Crippen molar-refractivity contribution in [2.24, 2.45) is 0 Å². The van der Waals surface area contributed by atoms with Gasteiger partial charge in [-0.05, 0) is 31.2 Å². The summed E-state index contributed by atoms with van der Waals surface area (Å²) in [6.07, 6.45) is 0. The van der Waals surface area contributed by atoms with Gasteiger partial charge in [-0.25, -0.2) is 9.78 Å². The maximum Gasteiger partial charge on any atom is 0.358 e. The van der Waals surface area contributed by atoms with Crippen LogP contribution in [0.3, 0.4) is 0 Å². The number of carboxylic acid groups (broad SMARTS) is 1. The smallest absolute Gasteiger partial charge is 0.358 e. The number of aromatic carboxylic acids is 1. The van der Waals surface area contributed by atoms with Crippen molar-refractivity contribution < 1.29 is 14.6 Å². The van der Waals surface area contributed by atoms with Crippen molar-refractivity contribution in [3.8, 4) is 5.75 Å². The van der Waals surface area contributed by atoms with Gasteiger partial charge >= 0.3 is 5.97 Å². The molecule has 4 nitrogen and oxygen atoms in total. The molecule has 0 atom stereocenters. The van der Waals surface area contributed by atoms with Gasteiger partial charge in [0.25, 0.3) is 0 Å². The van der Waals surface area contributed by atoms with Crippen molar-refractivity contribution in [3.63, 3.8) is 0 Å². The molecule has 20 heavy (non-hydrogen) atoms. The minimum Gasteiger partial charge on any atom is -0.490 e. The SMILES string of the molecule is Cc1ccc(OCCSc2ccccc2)c(C(=O)O)n1. The maximum atomic E-state index is 11.1. The largest absolute Gasteiger partial charge is 0.490 e. The van der Waals surface area contributed by atoms with Crippen LogP contribution in [0.5, 0.6) is 5.75 Å². The molecule has 0 saturated heterocycles. The van der Waals surface area contributed by atoms with Gasteiger partial charge in [0.1, 0.15) is 0 Å². The molecule has 2 rings (SSSR count). The molecule has 0 amide bonds. The normalized spacial score (nSPS) is 10.2. The highest BCUT2D eigenvalue weighted by Gasteiger charge is 2.13. The van der Waals surface area contributed by atoms with Crippen LogP contribution in [0.15, 0.2) is 47.4 Å². The Labute approximate surface area is 121 Å². The Morgan fingerprint density at radius 3 is 2.70 bits per heavy atom. The number of aryl methyl sites for hydroxylation is 1. The van der Waals surface area contributed by atoms with E-state index < -0.39 is 5.97 Å². The van der Waals surface area contributed by atoms with Crippen LogP contribution >= 0.6 is 11.8 Å². The molecule has 0 aliphatic rings. The number of carboxylic acids is 1. The molecule has 1 N–H and O–H groups in total. The predicted molar refractivity (Wildman–Crippen MR) is 78.6 cm³/mol. The summed E-state index contributed by atoms with van der Waals surface area (Å²) in [4.78, 5) is 16.2. The molecule has 0 aliphatic carbocycles. The molecule has 0 radical (unpaired) electrons. The number of thioether (sulfide) groups is 1. The molecular weight excluding hydrogens is 274 g/mol. The topological polar surface area (TPSA) is 59.4 Å². The van der Waals surface area contributed by atoms with Crippen LogP contribution in [0.4, 0.5) is 0 Å². The first-order valence-electron chi connectivity index (χ1n) is 6.18. The van der Waals surface area contributed by atoms with Gasteiger partial charge in [0.05, 0.1) is 6.61 Å². The fourth-order valence-corrected chi connectivity index (χ4v) is 2.39. The zero-order chi connectivity index (χ0) is 14.4. The second-order valence-electron chi connectivity index (χ2n) is 4.11. The first kappa shape index (κ1) is 14.4. The van der Waals surface area contributed by atoms with Crippen molar-refractivity contribution in [1.82, 2.24) is 4.98 Å². The highest BCUT2D eigenvalue weighted by Crippen LogP contribution is 2.19. The van der Waals surface area contributed by atoms with E-state index in [0.717, 1.165) is 10.6 Å². The van der Waals surface area contributed by atoms with Crippen LogP contribution in [0.1, 0.15) is 16.2 Å². The monoisotopic (exact) mass is 289 g/mol. The van der Waals surface area contributed by atoms with Crippen LogP contribution < -0.4 is 4.74 Å². The third-order valence-corrected chi connectivity index (χ3v) is 3.53. The van der Waals surface area contributed by atoms with Gasteiger partial charge < -0.3 is 9.84 Å². The van der Waals surface area contributed by atoms with Gasteiger partial charge in [-0.3, -0.25) is 0 Å². The predicted octanol–water partition coefficient (Wildman–Crippen LogP) is 3.26. The molecule has 0 unspecified atom stereocenters. The zero-order valence-electron chi connectivity index (χ0n) is 11.1. The molecule has 0 bridgehead atoms. The van der Waals surface area contributed by atoms with Crippen molar-refractivity contribution >= 4 is 17.7 Å². The quantitative estimate of drug-likeness (QED) is 0.653. The lowest BCUT2D eigenvalue weighted by Gasteiger charge is -2.09. The average Bonchev–Trinajstić information content (AvgIpc) is 2.45. The van der Waals surface area contributed by atoms with Crippen molar-refractivity contribution in [2.45, 2.75) is 11.8 Å². The Kier molecular flexibility index (Phi) is 5.01. The van der Waals surface area contributed by atoms with Gasteiger partial charge in [-0.1, -0.05) is 18.2 Å². The third kappa shape index (κ3) is 3.99. The van der Waals surface area contributed by atoms with E-state index in [9.17, 15) is 4.79 Å². The van der Waals surface area contributed by atoms with Gasteiger partial charge in [0.2, 0.25) is 0 Å². The number of hydrogen-bond acceptors (Lipinski definition) is 4. The Balaban J connectivity index is 1.90. The van der Waals surface area contributed by atoms with Crippen molar-refractivity contribution in [1.29, 1.82) is 0 Å². The summed E-state index contributed by atoms with van der Waals surface area (Å²) < 4.78 is 5.51. The van der Waals surface area contributed by atoms with Gasteiger partial charge in [0, 0.05) is 16.3 Å². The Hall–Kier alpha value is -2.01. The van der Waals surface area contributed by atoms with Crippen LogP contribution in [-0.2, 0) is 0 Å². The summed E-state index contributed by atoms with van der Waals surface area (Å²) in [5.74, 6) is -0.00657. The van der Waals surface area contributed by atoms with E-state index in [0.29, 0.717) is 18.1 Å². The van der Waals surface area contributed by atoms with Gasteiger partial charge in [0.15, 0.2) is 11.4 Å². The Morgan fingerprint density at radius 2 is 2.00 bits per heavy atom. The molecule has 1 heterocycles. The second kappa shape index (κ2) is 6.96. The number of pyridine rings is 1. The number of aromatic nitrogens is 1. The van der Waals surface area contributed by atoms with Crippen LogP contribution in [0.2, 0.25) is 0 Å². The van der Waals surface area contributed by atoms with E-state index in [-0.39, 0.29) is 5.69 Å². The lowest BCUT2D eigenvalue weighted by atomic mass is 10.3. The molecule has 2 aromatic rings. The fourth-order valence-electron chi connectivity index (χ4n) is 1.64. The summed E-state index contributed by atoms with van der Waals surface area (Å²) in [6, 6.07) is 13.4. The van der Waals surface area contributed by atoms with Crippen LogP contribution in [0.25, 0.3) is 0 Å². The van der Waals surface area contributed by atoms with Gasteiger partial charge in [-0.15, -0.1) is 11.8 Å². The lowest BCUT2D eigenvalue weighted by molar-refractivity contribution is 0.0685. The number of benzene rings is 1. The molecule has 0 fully saturated rings. The summed E-state index contributed by atoms with van der Waals surface area (Å²) in [6.45, 7) is 2.19. The number of hydrogen-bond donors (Lipinski definition) is 1. The molecule has 5 heteroatoms. The zero-order valence-corrected chi connectivity index (χ0v) is 11.9. The van der Waals surface area contributed by atoms with Gasteiger partial charge in [-0.2, -0.15) is 0 Å². The maximum absolute atomic E-state index is 11.1. The molecule has 104 valence electrons. The molecule has 0 saturated carbocycles. The molecule has 1 aromatic carbocycles. The first-order valence-corrected chi connectivity index (χ1v) is 7.17. The first-order chi connectivity index (χ1) is 9.66. The second-order valence-corrected chi connectivity index (χ2v) is 5.28. The number of carbonyl (C=O) groups is 1. The summed E-state index contributed by atoms with van der Waals surface area (Å²) in [5.41, 5.74) is 0.628. The fraction of sp³-hybridized carbons (Fsp3) is 0.200. The highest BCUT2D eigenvalue weighted by atomic mass is 32.2. The standard InChI is InChI=1S/C15H15NO3S/c1-11-7-8-13(14(16-11)15(17)18)19-9-10-20-12-5-3-2-4-6-12/h2-8H,9-10H2,1H3,(H,17,18). The lowest BCUT2D eigenvalue weighted by Crippen LogP contribution is -2.08. The summed E-state index contributed by atoms with van der Waals surface area (Å²) >= 11 is 1.66. The van der Waals surface area contributed by atoms with Crippen molar-refractivity contribution in [2.75, 3.05) is 12.4 Å². The van der Waals surface area contributed by atoms with E-state index in [1.165, 1.54) is 0 Å². The Morgan fingerprint density at radius 1 is 1.25 bits per heavy atom. The van der Waals surface area contributed by atoms with Crippen molar-refractivity contribution in [3.05, 3.63) is 53.9 Å². The third-order valence-electron chi connectivity index (χ3n) is 2.55. The van der Waals surface area contributed by atoms with E-state index in [1.807, 2.05) is 30.3 Å². The minimum absolute atomic E-state index is 0.0327. The molecular formula is C15H15NO3S. The highest BCUT2D eigenvalue weighted by molar-refractivity contribution is 7.99. The van der Waals surface area contributed by atoms with E-state index in [1.54, 1.807) is 30.8 Å². The van der Waals surface area contributed by atoms with E-state index in [2.05, 4.69) is 4.98 Å². The number of rotatable bonds is 6.